The van der Waals surface area contributed by atoms with E-state index >= 15 is 0 Å². The van der Waals surface area contributed by atoms with Crippen LogP contribution in [0.15, 0.2) is 23.6 Å². The highest BCUT2D eigenvalue weighted by atomic mass is 35.5. The molecule has 0 unspecified atom stereocenters. The maximum Gasteiger partial charge on any atom is 0.0373 e. The topological polar surface area (TPSA) is 26.0 Å². The highest BCUT2D eigenvalue weighted by molar-refractivity contribution is 7.17. The molecular formula is C9H10ClNS. The number of aryl methyl sites for hydroxylation is 1. The Labute approximate surface area is 81.6 Å². The van der Waals surface area contributed by atoms with E-state index < -0.39 is 0 Å². The molecular weight excluding hydrogens is 190 g/mol. The fourth-order valence-corrected chi connectivity index (χ4v) is 2.15. The molecule has 0 spiro atoms. The van der Waals surface area contributed by atoms with Gasteiger partial charge in [0.1, 0.15) is 0 Å². The van der Waals surface area contributed by atoms with E-state index in [0.29, 0.717) is 0 Å². The predicted molar refractivity (Wildman–Crippen MR) is 58.2 cm³/mol. The van der Waals surface area contributed by atoms with Gasteiger partial charge in [0, 0.05) is 10.4 Å². The molecule has 0 aliphatic carbocycles. The average molecular weight is 200 g/mol. The normalized spacial score (nSPS) is 9.75. The van der Waals surface area contributed by atoms with Crippen LogP contribution in [0.1, 0.15) is 5.56 Å². The first-order chi connectivity index (χ1) is 5.27. The second kappa shape index (κ2) is 3.33. The quantitative estimate of drug-likeness (QED) is 0.648. The summed E-state index contributed by atoms with van der Waals surface area (Å²) in [4.78, 5) is 0. The van der Waals surface area contributed by atoms with Gasteiger partial charge in [-0.25, -0.2) is 0 Å². The molecule has 1 heterocycles. The Bertz CT molecular complexity index is 394. The lowest BCUT2D eigenvalue weighted by Gasteiger charge is -1.97. The van der Waals surface area contributed by atoms with Gasteiger partial charge in [-0.3, -0.25) is 0 Å². The monoisotopic (exact) mass is 199 g/mol. The van der Waals surface area contributed by atoms with E-state index in [1.165, 1.54) is 15.6 Å². The van der Waals surface area contributed by atoms with E-state index in [1.54, 1.807) is 11.3 Å². The second-order valence-electron chi connectivity index (χ2n) is 2.68. The summed E-state index contributed by atoms with van der Waals surface area (Å²) in [6.07, 6.45) is 0. The Hall–Kier alpha value is -0.730. The number of thiophene rings is 1. The van der Waals surface area contributed by atoms with Gasteiger partial charge in [0.15, 0.2) is 0 Å². The molecule has 0 saturated heterocycles. The molecule has 1 aromatic heterocycles. The van der Waals surface area contributed by atoms with Crippen molar-refractivity contribution in [3.8, 4) is 0 Å². The number of rotatable bonds is 0. The number of halogens is 1. The van der Waals surface area contributed by atoms with Crippen LogP contribution in [0, 0.1) is 6.92 Å². The Morgan fingerprint density at radius 3 is 2.83 bits per heavy atom. The summed E-state index contributed by atoms with van der Waals surface area (Å²) < 4.78 is 1.35. The highest BCUT2D eigenvalue weighted by Crippen LogP contribution is 2.26. The number of nitrogens with two attached hydrogens (primary N) is 1. The minimum atomic E-state index is 0. The van der Waals surface area contributed by atoms with Crippen LogP contribution in [0.3, 0.4) is 0 Å². The summed E-state index contributed by atoms with van der Waals surface area (Å²) in [6.45, 7) is 2.09. The minimum absolute atomic E-state index is 0. The van der Waals surface area contributed by atoms with Gasteiger partial charge >= 0.3 is 0 Å². The third-order valence-electron chi connectivity index (χ3n) is 1.76. The SMILES string of the molecule is Cc1cc(N)cc2ccsc12.Cl. The van der Waals surface area contributed by atoms with Crippen LogP contribution in [0.5, 0.6) is 0 Å². The van der Waals surface area contributed by atoms with Crippen LogP contribution < -0.4 is 5.73 Å². The van der Waals surface area contributed by atoms with Crippen LogP contribution in [-0.4, -0.2) is 0 Å². The van der Waals surface area contributed by atoms with Crippen molar-refractivity contribution in [1.82, 2.24) is 0 Å². The summed E-state index contributed by atoms with van der Waals surface area (Å²) >= 11 is 1.77. The largest absolute Gasteiger partial charge is 0.399 e. The van der Waals surface area contributed by atoms with E-state index in [1.807, 2.05) is 12.1 Å². The van der Waals surface area contributed by atoms with Gasteiger partial charge in [-0.1, -0.05) is 0 Å². The molecule has 0 bridgehead atoms. The summed E-state index contributed by atoms with van der Waals surface area (Å²) in [7, 11) is 0. The zero-order chi connectivity index (χ0) is 7.84. The predicted octanol–water partition coefficient (Wildman–Crippen LogP) is 3.21. The highest BCUT2D eigenvalue weighted by Gasteiger charge is 1.98. The Kier molecular flexibility index (Phi) is 2.60. The molecule has 1 nitrogen and oxygen atoms in total. The van der Waals surface area contributed by atoms with Crippen molar-refractivity contribution in [2.24, 2.45) is 0 Å². The van der Waals surface area contributed by atoms with Crippen molar-refractivity contribution < 1.29 is 0 Å². The lowest BCUT2D eigenvalue weighted by atomic mass is 10.2. The molecule has 2 rings (SSSR count). The maximum absolute atomic E-state index is 5.69. The van der Waals surface area contributed by atoms with Crippen molar-refractivity contribution in [3.05, 3.63) is 29.1 Å². The smallest absolute Gasteiger partial charge is 0.0373 e. The molecule has 1 aromatic carbocycles. The molecule has 0 radical (unpaired) electrons. The molecule has 64 valence electrons. The van der Waals surface area contributed by atoms with Gasteiger partial charge in [-0.2, -0.15) is 0 Å². The number of hydrogen-bond acceptors (Lipinski definition) is 2. The second-order valence-corrected chi connectivity index (χ2v) is 3.59. The van der Waals surface area contributed by atoms with E-state index in [0.717, 1.165) is 5.69 Å². The minimum Gasteiger partial charge on any atom is -0.399 e. The number of benzene rings is 1. The lowest BCUT2D eigenvalue weighted by Crippen LogP contribution is -1.84. The fourth-order valence-electron chi connectivity index (χ4n) is 1.29. The summed E-state index contributed by atoms with van der Waals surface area (Å²) in [6, 6.07) is 6.13. The maximum atomic E-state index is 5.69. The van der Waals surface area contributed by atoms with Crippen molar-refractivity contribution in [2.45, 2.75) is 6.92 Å². The Morgan fingerprint density at radius 2 is 2.08 bits per heavy atom. The molecule has 0 aliphatic heterocycles. The first-order valence-corrected chi connectivity index (χ1v) is 4.38. The van der Waals surface area contributed by atoms with Crippen molar-refractivity contribution >= 4 is 39.5 Å². The fraction of sp³-hybridized carbons (Fsp3) is 0.111. The van der Waals surface area contributed by atoms with Crippen LogP contribution in [0.2, 0.25) is 0 Å². The lowest BCUT2D eigenvalue weighted by molar-refractivity contribution is 1.56. The Morgan fingerprint density at radius 1 is 1.33 bits per heavy atom. The molecule has 2 N–H and O–H groups in total. The molecule has 0 amide bonds. The molecule has 0 atom stereocenters. The number of nitrogen functional groups attached to an aromatic ring is 1. The van der Waals surface area contributed by atoms with E-state index in [2.05, 4.69) is 18.4 Å². The van der Waals surface area contributed by atoms with Gasteiger partial charge < -0.3 is 5.73 Å². The van der Waals surface area contributed by atoms with Gasteiger partial charge in [0.05, 0.1) is 0 Å². The number of hydrogen-bond donors (Lipinski definition) is 1. The Balaban J connectivity index is 0.000000720. The first-order valence-electron chi connectivity index (χ1n) is 3.51. The first kappa shape index (κ1) is 9.36. The zero-order valence-corrected chi connectivity index (χ0v) is 8.34. The van der Waals surface area contributed by atoms with Crippen molar-refractivity contribution in [2.75, 3.05) is 5.73 Å². The van der Waals surface area contributed by atoms with Crippen molar-refractivity contribution in [3.63, 3.8) is 0 Å². The van der Waals surface area contributed by atoms with Gasteiger partial charge in [-0.05, 0) is 41.5 Å². The van der Waals surface area contributed by atoms with Crippen LogP contribution in [0.4, 0.5) is 5.69 Å². The van der Waals surface area contributed by atoms with E-state index in [9.17, 15) is 0 Å². The van der Waals surface area contributed by atoms with Crippen molar-refractivity contribution in [1.29, 1.82) is 0 Å². The molecule has 0 fully saturated rings. The third kappa shape index (κ3) is 1.40. The van der Waals surface area contributed by atoms with Gasteiger partial charge in [0.25, 0.3) is 0 Å². The zero-order valence-electron chi connectivity index (χ0n) is 6.70. The average Bonchev–Trinajstić information content (AvgIpc) is 2.34. The van der Waals surface area contributed by atoms with Crippen LogP contribution >= 0.6 is 23.7 Å². The molecule has 0 saturated carbocycles. The summed E-state index contributed by atoms with van der Waals surface area (Å²) in [5.41, 5.74) is 7.82. The van der Waals surface area contributed by atoms with Gasteiger partial charge in [0.2, 0.25) is 0 Å². The molecule has 2 aromatic rings. The third-order valence-corrected chi connectivity index (χ3v) is 2.82. The molecule has 0 aliphatic rings. The number of fused-ring (bicyclic) bond motifs is 1. The number of anilines is 1. The van der Waals surface area contributed by atoms with Gasteiger partial charge in [-0.15, -0.1) is 23.7 Å². The standard InChI is InChI=1S/C9H9NS.ClH/c1-6-4-8(10)5-7-2-3-11-9(6)7;/h2-5H,10H2,1H3;1H. The molecule has 12 heavy (non-hydrogen) atoms. The molecule has 3 heteroatoms. The van der Waals surface area contributed by atoms with Crippen LogP contribution in [0.25, 0.3) is 10.1 Å². The summed E-state index contributed by atoms with van der Waals surface area (Å²) in [5.74, 6) is 0. The van der Waals surface area contributed by atoms with Crippen LogP contribution in [-0.2, 0) is 0 Å². The van der Waals surface area contributed by atoms with E-state index in [-0.39, 0.29) is 12.4 Å². The van der Waals surface area contributed by atoms with E-state index in [4.69, 9.17) is 5.73 Å². The summed E-state index contributed by atoms with van der Waals surface area (Å²) in [5, 5.41) is 3.35.